The van der Waals surface area contributed by atoms with Gasteiger partial charge in [-0.25, -0.2) is 4.39 Å². The quantitative estimate of drug-likeness (QED) is 0.745. The van der Waals surface area contributed by atoms with Crippen LogP contribution in [0.5, 0.6) is 0 Å². The average molecular weight is 237 g/mol. The molecule has 0 heterocycles. The van der Waals surface area contributed by atoms with Crippen molar-refractivity contribution in [2.45, 2.75) is 39.5 Å². The van der Waals surface area contributed by atoms with Crippen LogP contribution in [-0.4, -0.2) is 5.91 Å². The summed E-state index contributed by atoms with van der Waals surface area (Å²) in [6.45, 7) is 4.07. The van der Waals surface area contributed by atoms with Crippen LogP contribution in [0.4, 0.5) is 10.1 Å². The smallest absolute Gasteiger partial charge is 0.227 e. The van der Waals surface area contributed by atoms with Gasteiger partial charge in [0.2, 0.25) is 5.91 Å². The second-order valence-corrected chi connectivity index (χ2v) is 4.39. The predicted octanol–water partition coefficient (Wildman–Crippen LogP) is 3.98. The Hall–Kier alpha value is -1.38. The summed E-state index contributed by atoms with van der Waals surface area (Å²) in [5.41, 5.74) is 0.652. The van der Waals surface area contributed by atoms with Gasteiger partial charge in [0.1, 0.15) is 5.82 Å². The molecule has 1 N–H and O–H groups in total. The van der Waals surface area contributed by atoms with Crippen LogP contribution in [0.15, 0.2) is 24.3 Å². The molecule has 1 aromatic carbocycles. The minimum atomic E-state index is -0.293. The highest BCUT2D eigenvalue weighted by Gasteiger charge is 2.12. The number of amides is 1. The molecular weight excluding hydrogens is 217 g/mol. The monoisotopic (exact) mass is 237 g/mol. The van der Waals surface area contributed by atoms with Gasteiger partial charge in [-0.2, -0.15) is 0 Å². The maximum atomic E-state index is 12.7. The molecule has 94 valence electrons. The number of hydrogen-bond donors (Lipinski definition) is 1. The van der Waals surface area contributed by atoms with Crippen molar-refractivity contribution in [3.8, 4) is 0 Å². The van der Waals surface area contributed by atoms with E-state index < -0.39 is 0 Å². The minimum Gasteiger partial charge on any atom is -0.326 e. The van der Waals surface area contributed by atoms with Gasteiger partial charge in [-0.05, 0) is 30.7 Å². The van der Waals surface area contributed by atoms with Crippen molar-refractivity contribution >= 4 is 11.6 Å². The van der Waals surface area contributed by atoms with Crippen LogP contribution < -0.4 is 5.32 Å². The molecule has 1 amide bonds. The lowest BCUT2D eigenvalue weighted by Gasteiger charge is -2.11. The number of nitrogens with one attached hydrogen (secondary N) is 1. The number of unbranched alkanes of at least 4 members (excludes halogenated alkanes) is 2. The molecule has 0 saturated heterocycles. The van der Waals surface area contributed by atoms with E-state index in [0.29, 0.717) is 5.69 Å². The Kier molecular flexibility index (Phi) is 5.67. The molecule has 0 aromatic heterocycles. The molecule has 3 heteroatoms. The third-order valence-corrected chi connectivity index (χ3v) is 2.80. The van der Waals surface area contributed by atoms with Crippen LogP contribution in [0.2, 0.25) is 0 Å². The summed E-state index contributed by atoms with van der Waals surface area (Å²) in [7, 11) is 0. The van der Waals surface area contributed by atoms with Gasteiger partial charge < -0.3 is 5.32 Å². The van der Waals surface area contributed by atoms with Gasteiger partial charge in [-0.15, -0.1) is 0 Å². The van der Waals surface area contributed by atoms with E-state index >= 15 is 0 Å². The van der Waals surface area contributed by atoms with E-state index in [1.165, 1.54) is 12.1 Å². The van der Waals surface area contributed by atoms with Gasteiger partial charge in [-0.3, -0.25) is 4.79 Å². The highest BCUT2D eigenvalue weighted by atomic mass is 19.1. The van der Waals surface area contributed by atoms with Crippen molar-refractivity contribution in [1.29, 1.82) is 0 Å². The van der Waals surface area contributed by atoms with Gasteiger partial charge in [0, 0.05) is 11.6 Å². The lowest BCUT2D eigenvalue weighted by molar-refractivity contribution is -0.119. The molecule has 2 nitrogen and oxygen atoms in total. The molecule has 0 saturated carbocycles. The van der Waals surface area contributed by atoms with Gasteiger partial charge >= 0.3 is 0 Å². The van der Waals surface area contributed by atoms with Crippen LogP contribution in [0, 0.1) is 11.7 Å². The van der Waals surface area contributed by atoms with E-state index in [-0.39, 0.29) is 17.6 Å². The number of benzene rings is 1. The molecule has 17 heavy (non-hydrogen) atoms. The van der Waals surface area contributed by atoms with Crippen LogP contribution in [0.1, 0.15) is 39.5 Å². The summed E-state index contributed by atoms with van der Waals surface area (Å²) >= 11 is 0. The highest BCUT2D eigenvalue weighted by molar-refractivity contribution is 5.92. The van der Waals surface area contributed by atoms with Crippen molar-refractivity contribution in [1.82, 2.24) is 0 Å². The Morgan fingerprint density at radius 2 is 1.94 bits per heavy atom. The number of halogens is 1. The zero-order chi connectivity index (χ0) is 12.7. The Bertz CT molecular complexity index is 348. The second-order valence-electron chi connectivity index (χ2n) is 4.39. The summed E-state index contributed by atoms with van der Waals surface area (Å²) in [6.07, 6.45) is 4.30. The fourth-order valence-electron chi connectivity index (χ4n) is 1.63. The normalized spacial score (nSPS) is 12.2. The minimum absolute atomic E-state index is 0.00611. The molecular formula is C14H20FNO. The highest BCUT2D eigenvalue weighted by Crippen LogP contribution is 2.14. The van der Waals surface area contributed by atoms with Gasteiger partial charge in [0.15, 0.2) is 0 Å². The van der Waals surface area contributed by atoms with E-state index in [1.54, 1.807) is 12.1 Å². The molecule has 0 aliphatic carbocycles. The molecule has 0 aliphatic rings. The zero-order valence-corrected chi connectivity index (χ0v) is 10.5. The second kappa shape index (κ2) is 7.05. The molecule has 1 unspecified atom stereocenters. The number of rotatable bonds is 6. The summed E-state index contributed by atoms with van der Waals surface area (Å²) in [5, 5.41) is 2.79. The van der Waals surface area contributed by atoms with Gasteiger partial charge in [0.05, 0.1) is 0 Å². The summed E-state index contributed by atoms with van der Waals surface area (Å²) < 4.78 is 12.7. The molecule has 0 bridgehead atoms. The average Bonchev–Trinajstić information content (AvgIpc) is 2.32. The first-order valence-corrected chi connectivity index (χ1v) is 6.20. The Morgan fingerprint density at radius 3 is 2.53 bits per heavy atom. The van der Waals surface area contributed by atoms with Crippen LogP contribution in [0.3, 0.4) is 0 Å². The van der Waals surface area contributed by atoms with Crippen molar-refractivity contribution in [3.63, 3.8) is 0 Å². The number of carbonyl (C=O) groups is 1. The lowest BCUT2D eigenvalue weighted by atomic mass is 10.0. The van der Waals surface area contributed by atoms with E-state index in [1.807, 2.05) is 6.92 Å². The molecule has 0 radical (unpaired) electrons. The van der Waals surface area contributed by atoms with Crippen LogP contribution >= 0.6 is 0 Å². The SMILES string of the molecule is CCCCCC(C)C(=O)Nc1ccc(F)cc1. The molecule has 1 aromatic rings. The first-order chi connectivity index (χ1) is 8.13. The van der Waals surface area contributed by atoms with Crippen LogP contribution in [0.25, 0.3) is 0 Å². The van der Waals surface area contributed by atoms with E-state index in [9.17, 15) is 9.18 Å². The Morgan fingerprint density at radius 1 is 1.29 bits per heavy atom. The van der Waals surface area contributed by atoms with Crippen molar-refractivity contribution in [3.05, 3.63) is 30.1 Å². The van der Waals surface area contributed by atoms with Crippen LogP contribution in [-0.2, 0) is 4.79 Å². The largest absolute Gasteiger partial charge is 0.326 e. The maximum Gasteiger partial charge on any atom is 0.227 e. The standard InChI is InChI=1S/C14H20FNO/c1-3-4-5-6-11(2)14(17)16-13-9-7-12(15)8-10-13/h7-11H,3-6H2,1-2H3,(H,16,17). The topological polar surface area (TPSA) is 29.1 Å². The first-order valence-electron chi connectivity index (χ1n) is 6.20. The van der Waals surface area contributed by atoms with E-state index in [2.05, 4.69) is 12.2 Å². The lowest BCUT2D eigenvalue weighted by Crippen LogP contribution is -2.20. The Labute approximate surface area is 102 Å². The van der Waals surface area contributed by atoms with E-state index in [0.717, 1.165) is 25.7 Å². The van der Waals surface area contributed by atoms with E-state index in [4.69, 9.17) is 0 Å². The third kappa shape index (κ3) is 4.98. The predicted molar refractivity (Wildman–Crippen MR) is 68.3 cm³/mol. The molecule has 0 aliphatic heterocycles. The maximum absolute atomic E-state index is 12.7. The summed E-state index contributed by atoms with van der Waals surface area (Å²) in [5.74, 6) is -0.279. The summed E-state index contributed by atoms with van der Waals surface area (Å²) in [6, 6.07) is 5.84. The molecule has 0 fully saturated rings. The third-order valence-electron chi connectivity index (χ3n) is 2.80. The Balaban J connectivity index is 2.40. The van der Waals surface area contributed by atoms with Crippen molar-refractivity contribution < 1.29 is 9.18 Å². The number of carbonyl (C=O) groups excluding carboxylic acids is 1. The first kappa shape index (κ1) is 13.7. The fraction of sp³-hybridized carbons (Fsp3) is 0.500. The molecule has 1 rings (SSSR count). The van der Waals surface area contributed by atoms with Crippen molar-refractivity contribution in [2.24, 2.45) is 5.92 Å². The number of hydrogen-bond acceptors (Lipinski definition) is 1. The summed E-state index contributed by atoms with van der Waals surface area (Å²) in [4.78, 5) is 11.8. The van der Waals surface area contributed by atoms with Gasteiger partial charge in [0.25, 0.3) is 0 Å². The zero-order valence-electron chi connectivity index (χ0n) is 10.5. The van der Waals surface area contributed by atoms with Gasteiger partial charge in [-0.1, -0.05) is 33.1 Å². The number of anilines is 1. The fourth-order valence-corrected chi connectivity index (χ4v) is 1.63. The van der Waals surface area contributed by atoms with Crippen molar-refractivity contribution in [2.75, 3.05) is 5.32 Å². The molecule has 0 spiro atoms. The molecule has 1 atom stereocenters.